The van der Waals surface area contributed by atoms with Crippen molar-refractivity contribution in [2.45, 2.75) is 37.0 Å². The molecule has 1 aliphatic heterocycles. The summed E-state index contributed by atoms with van der Waals surface area (Å²) in [7, 11) is 1.42. The molecule has 0 aromatic heterocycles. The number of benzene rings is 1. The lowest BCUT2D eigenvalue weighted by molar-refractivity contribution is -0.0342. The van der Waals surface area contributed by atoms with Gasteiger partial charge in [-0.2, -0.15) is 0 Å². The van der Waals surface area contributed by atoms with Crippen LogP contribution >= 0.6 is 0 Å². The lowest BCUT2D eigenvalue weighted by atomic mass is 9.73. The molecule has 4 atom stereocenters. The van der Waals surface area contributed by atoms with E-state index in [1.807, 2.05) is 0 Å². The molecule has 1 amide bonds. The fraction of sp³-hybridized carbons (Fsp3) is 0.500. The second-order valence-corrected chi connectivity index (χ2v) is 5.35. The molecule has 108 valence electrons. The lowest BCUT2D eigenvalue weighted by Gasteiger charge is -2.42. The second-order valence-electron chi connectivity index (χ2n) is 5.35. The van der Waals surface area contributed by atoms with Gasteiger partial charge in [0, 0.05) is 17.5 Å². The number of hydrogen-bond donors (Lipinski definition) is 4. The Morgan fingerprint density at radius 2 is 2.05 bits per heavy atom. The van der Waals surface area contributed by atoms with Crippen molar-refractivity contribution in [3.8, 4) is 11.5 Å². The van der Waals surface area contributed by atoms with E-state index in [1.54, 1.807) is 6.07 Å². The molecule has 20 heavy (non-hydrogen) atoms. The summed E-state index contributed by atoms with van der Waals surface area (Å²) in [5.74, 6) is -0.529. The molecule has 4 unspecified atom stereocenters. The zero-order valence-corrected chi connectivity index (χ0v) is 11.0. The third-order valence-corrected chi connectivity index (χ3v) is 4.24. The van der Waals surface area contributed by atoms with Crippen molar-refractivity contribution in [1.29, 1.82) is 0 Å². The molecule has 0 radical (unpaired) electrons. The van der Waals surface area contributed by atoms with Gasteiger partial charge in [-0.25, -0.2) is 0 Å². The van der Waals surface area contributed by atoms with Crippen molar-refractivity contribution < 1.29 is 24.9 Å². The first-order chi connectivity index (χ1) is 9.52. The van der Waals surface area contributed by atoms with Crippen LogP contribution in [0.4, 0.5) is 0 Å². The first kappa shape index (κ1) is 13.2. The Morgan fingerprint density at radius 3 is 2.75 bits per heavy atom. The van der Waals surface area contributed by atoms with Crippen molar-refractivity contribution in [3.05, 3.63) is 23.3 Å². The van der Waals surface area contributed by atoms with Crippen LogP contribution in [0.5, 0.6) is 11.5 Å². The third-order valence-electron chi connectivity index (χ3n) is 4.24. The number of phenols is 1. The van der Waals surface area contributed by atoms with Crippen molar-refractivity contribution >= 4 is 5.91 Å². The summed E-state index contributed by atoms with van der Waals surface area (Å²) in [5.41, 5.74) is 0.928. The fourth-order valence-electron chi connectivity index (χ4n) is 3.21. The zero-order valence-electron chi connectivity index (χ0n) is 11.0. The van der Waals surface area contributed by atoms with E-state index in [1.165, 1.54) is 13.2 Å². The summed E-state index contributed by atoms with van der Waals surface area (Å²) in [6.45, 7) is 0. The third kappa shape index (κ3) is 1.83. The number of methoxy groups -OCH3 is 1. The molecule has 1 saturated carbocycles. The number of rotatable bonds is 1. The van der Waals surface area contributed by atoms with Crippen LogP contribution in [0.3, 0.4) is 0 Å². The van der Waals surface area contributed by atoms with Crippen molar-refractivity contribution in [1.82, 2.24) is 5.32 Å². The van der Waals surface area contributed by atoms with Gasteiger partial charge in [0.1, 0.15) is 0 Å². The van der Waals surface area contributed by atoms with Crippen molar-refractivity contribution in [2.75, 3.05) is 7.11 Å². The highest BCUT2D eigenvalue weighted by Crippen LogP contribution is 2.42. The van der Waals surface area contributed by atoms with Crippen LogP contribution in [0.15, 0.2) is 12.1 Å². The van der Waals surface area contributed by atoms with E-state index < -0.39 is 12.2 Å². The van der Waals surface area contributed by atoms with Gasteiger partial charge >= 0.3 is 0 Å². The fourth-order valence-corrected chi connectivity index (χ4v) is 3.21. The number of aromatic hydroxyl groups is 1. The zero-order chi connectivity index (χ0) is 14.4. The minimum Gasteiger partial charge on any atom is -0.504 e. The molecule has 1 aromatic carbocycles. The number of nitrogens with one attached hydrogen (secondary N) is 1. The Labute approximate surface area is 116 Å². The molecule has 1 heterocycles. The minimum atomic E-state index is -0.942. The smallest absolute Gasteiger partial charge is 0.251 e. The standard InChI is InChI=1S/C14H17NO5/c1-20-11-5-6-7(4-10(11)17)14(19)15-8-2-3-9(16)13(18)12(6)8/h4-5,8-9,12-13,16-18H,2-3H2,1H3,(H,15,19). The molecule has 3 rings (SSSR count). The number of aliphatic hydroxyl groups is 2. The average molecular weight is 279 g/mol. The minimum absolute atomic E-state index is 0.120. The SMILES string of the molecule is COc1cc2c(cc1O)C(=O)NC1CCC(O)C(O)C21. The van der Waals surface area contributed by atoms with Gasteiger partial charge in [0.15, 0.2) is 11.5 Å². The highest BCUT2D eigenvalue weighted by Gasteiger charge is 2.44. The maximum atomic E-state index is 12.1. The molecule has 0 bridgehead atoms. The van der Waals surface area contributed by atoms with Crippen LogP contribution in [-0.2, 0) is 0 Å². The van der Waals surface area contributed by atoms with Crippen molar-refractivity contribution in [2.24, 2.45) is 0 Å². The molecule has 1 aliphatic carbocycles. The highest BCUT2D eigenvalue weighted by atomic mass is 16.5. The quantitative estimate of drug-likeness (QED) is 0.585. The second kappa shape index (κ2) is 4.64. The molecule has 2 aliphatic rings. The number of fused-ring (bicyclic) bond motifs is 3. The number of amides is 1. The first-order valence-electron chi connectivity index (χ1n) is 6.61. The van der Waals surface area contributed by atoms with Gasteiger partial charge in [-0.15, -0.1) is 0 Å². The van der Waals surface area contributed by atoms with Crippen LogP contribution in [0.25, 0.3) is 0 Å². The highest BCUT2D eigenvalue weighted by molar-refractivity contribution is 5.98. The predicted molar refractivity (Wildman–Crippen MR) is 69.9 cm³/mol. The van der Waals surface area contributed by atoms with E-state index in [4.69, 9.17) is 4.74 Å². The van der Waals surface area contributed by atoms with E-state index in [-0.39, 0.29) is 29.4 Å². The Bertz CT molecular complexity index is 559. The summed E-state index contributed by atoms with van der Waals surface area (Å²) in [5, 5.41) is 32.7. The Morgan fingerprint density at radius 1 is 1.30 bits per heavy atom. The summed E-state index contributed by atoms with van der Waals surface area (Å²) in [6.07, 6.45) is -0.689. The van der Waals surface area contributed by atoms with E-state index in [0.29, 0.717) is 24.0 Å². The molecule has 4 N–H and O–H groups in total. The maximum Gasteiger partial charge on any atom is 0.251 e. The van der Waals surface area contributed by atoms with Gasteiger partial charge in [0.25, 0.3) is 5.91 Å². The Hall–Kier alpha value is -1.79. The van der Waals surface area contributed by atoms with E-state index in [0.717, 1.165) is 0 Å². The topological polar surface area (TPSA) is 99.0 Å². The summed E-state index contributed by atoms with van der Waals surface area (Å²) < 4.78 is 5.06. The van der Waals surface area contributed by atoms with Gasteiger partial charge in [-0.1, -0.05) is 0 Å². The lowest BCUT2D eigenvalue weighted by Crippen LogP contribution is -2.54. The van der Waals surface area contributed by atoms with Gasteiger partial charge in [-0.05, 0) is 30.5 Å². The van der Waals surface area contributed by atoms with Crippen LogP contribution in [-0.4, -0.2) is 46.6 Å². The van der Waals surface area contributed by atoms with Crippen LogP contribution in [0.1, 0.15) is 34.7 Å². The van der Waals surface area contributed by atoms with Crippen molar-refractivity contribution in [3.63, 3.8) is 0 Å². The van der Waals surface area contributed by atoms with E-state index >= 15 is 0 Å². The summed E-state index contributed by atoms with van der Waals surface area (Å²) >= 11 is 0. The Kier molecular flexibility index (Phi) is 3.07. The molecule has 0 spiro atoms. The monoisotopic (exact) mass is 279 g/mol. The number of phenolic OH excluding ortho intramolecular Hbond substituents is 1. The number of ether oxygens (including phenoxy) is 1. The molecule has 0 saturated heterocycles. The van der Waals surface area contributed by atoms with Crippen LogP contribution in [0, 0.1) is 0 Å². The number of aliphatic hydroxyl groups excluding tert-OH is 2. The average Bonchev–Trinajstić information content (AvgIpc) is 2.43. The normalized spacial score (nSPS) is 32.0. The molecule has 6 heteroatoms. The summed E-state index contributed by atoms with van der Waals surface area (Å²) in [6, 6.07) is 2.71. The maximum absolute atomic E-state index is 12.1. The summed E-state index contributed by atoms with van der Waals surface area (Å²) in [4.78, 5) is 12.1. The largest absolute Gasteiger partial charge is 0.504 e. The molecule has 1 fully saturated rings. The molecule has 6 nitrogen and oxygen atoms in total. The van der Waals surface area contributed by atoms with Crippen LogP contribution in [0.2, 0.25) is 0 Å². The number of carbonyl (C=O) groups is 1. The van der Waals surface area contributed by atoms with E-state index in [9.17, 15) is 20.1 Å². The molecule has 1 aromatic rings. The predicted octanol–water partition coefficient (Wildman–Crippen LogP) is 0.112. The van der Waals surface area contributed by atoms with Gasteiger partial charge in [-0.3, -0.25) is 4.79 Å². The molecular weight excluding hydrogens is 262 g/mol. The molecular formula is C14H17NO5. The Balaban J connectivity index is 2.13. The van der Waals surface area contributed by atoms with Gasteiger partial charge < -0.3 is 25.4 Å². The number of hydrogen-bond acceptors (Lipinski definition) is 5. The van der Waals surface area contributed by atoms with Gasteiger partial charge in [0.2, 0.25) is 0 Å². The first-order valence-corrected chi connectivity index (χ1v) is 6.61. The van der Waals surface area contributed by atoms with Gasteiger partial charge in [0.05, 0.1) is 19.3 Å². The number of carbonyl (C=O) groups excluding carboxylic acids is 1. The van der Waals surface area contributed by atoms with Crippen LogP contribution < -0.4 is 10.1 Å². The van der Waals surface area contributed by atoms with E-state index in [2.05, 4.69) is 5.32 Å².